The van der Waals surface area contributed by atoms with Gasteiger partial charge in [-0.15, -0.1) is 0 Å². The summed E-state index contributed by atoms with van der Waals surface area (Å²) in [7, 11) is 0. The molecular formula is C15H18FN3. The highest BCUT2D eigenvalue weighted by atomic mass is 19.1. The molecule has 4 heteroatoms. The molecule has 1 N–H and O–H groups in total. The Labute approximate surface area is 112 Å². The van der Waals surface area contributed by atoms with E-state index in [2.05, 4.69) is 15.3 Å². The second kappa shape index (κ2) is 5.89. The Balaban J connectivity index is 2.42. The first kappa shape index (κ1) is 13.6. The topological polar surface area (TPSA) is 37.8 Å². The van der Waals surface area contributed by atoms with E-state index in [-0.39, 0.29) is 11.9 Å². The first-order chi connectivity index (χ1) is 9.11. The van der Waals surface area contributed by atoms with Crippen molar-refractivity contribution in [3.05, 3.63) is 58.9 Å². The molecule has 1 unspecified atom stereocenters. The minimum absolute atomic E-state index is 0.0361. The van der Waals surface area contributed by atoms with Crippen molar-refractivity contribution in [1.29, 1.82) is 0 Å². The van der Waals surface area contributed by atoms with Gasteiger partial charge in [0, 0.05) is 6.20 Å². The molecule has 0 spiro atoms. The zero-order valence-corrected chi connectivity index (χ0v) is 11.4. The Hall–Kier alpha value is -1.81. The van der Waals surface area contributed by atoms with Crippen molar-refractivity contribution < 1.29 is 4.39 Å². The second-order valence-corrected chi connectivity index (χ2v) is 4.53. The Morgan fingerprint density at radius 1 is 1.26 bits per heavy atom. The Morgan fingerprint density at radius 2 is 2.05 bits per heavy atom. The summed E-state index contributed by atoms with van der Waals surface area (Å²) < 4.78 is 13.4. The summed E-state index contributed by atoms with van der Waals surface area (Å²) in [4.78, 5) is 8.56. The monoisotopic (exact) mass is 259 g/mol. The van der Waals surface area contributed by atoms with Crippen LogP contribution in [-0.4, -0.2) is 16.5 Å². The third-order valence-corrected chi connectivity index (χ3v) is 3.02. The minimum atomic E-state index is -0.183. The van der Waals surface area contributed by atoms with Gasteiger partial charge in [0.05, 0.1) is 11.7 Å². The quantitative estimate of drug-likeness (QED) is 0.917. The Morgan fingerprint density at radius 3 is 2.68 bits per heavy atom. The van der Waals surface area contributed by atoms with Gasteiger partial charge in [0.2, 0.25) is 0 Å². The summed E-state index contributed by atoms with van der Waals surface area (Å²) in [6.45, 7) is 6.48. The third-order valence-electron chi connectivity index (χ3n) is 3.02. The van der Waals surface area contributed by atoms with Crippen molar-refractivity contribution in [1.82, 2.24) is 15.3 Å². The number of hydrogen-bond acceptors (Lipinski definition) is 3. The number of rotatable bonds is 4. The van der Waals surface area contributed by atoms with Gasteiger partial charge >= 0.3 is 0 Å². The molecule has 2 rings (SSSR count). The summed E-state index contributed by atoms with van der Waals surface area (Å²) in [5, 5.41) is 3.38. The Kier molecular flexibility index (Phi) is 4.22. The van der Waals surface area contributed by atoms with Gasteiger partial charge in [-0.1, -0.05) is 19.1 Å². The van der Waals surface area contributed by atoms with Crippen LogP contribution in [-0.2, 0) is 0 Å². The lowest BCUT2D eigenvalue weighted by atomic mass is 10.0. The molecule has 2 aromatic rings. The molecule has 0 amide bonds. The van der Waals surface area contributed by atoms with Crippen LogP contribution < -0.4 is 5.32 Å². The van der Waals surface area contributed by atoms with Crippen molar-refractivity contribution in [2.75, 3.05) is 6.54 Å². The first-order valence-corrected chi connectivity index (χ1v) is 6.40. The molecule has 1 atom stereocenters. The van der Waals surface area contributed by atoms with E-state index in [4.69, 9.17) is 0 Å². The molecule has 0 radical (unpaired) electrons. The maximum atomic E-state index is 13.4. The molecule has 1 heterocycles. The number of nitrogens with zero attached hydrogens (tertiary/aromatic N) is 2. The lowest BCUT2D eigenvalue weighted by Gasteiger charge is -2.18. The summed E-state index contributed by atoms with van der Waals surface area (Å²) in [5.74, 6) is 0.553. The van der Waals surface area contributed by atoms with E-state index in [1.165, 1.54) is 6.07 Å². The largest absolute Gasteiger partial charge is 0.305 e. The zero-order valence-electron chi connectivity index (χ0n) is 11.4. The van der Waals surface area contributed by atoms with E-state index < -0.39 is 0 Å². The van der Waals surface area contributed by atoms with Gasteiger partial charge in [-0.2, -0.15) is 0 Å². The van der Waals surface area contributed by atoms with Gasteiger partial charge in [0.25, 0.3) is 0 Å². The standard InChI is InChI=1S/C15H18FN3/c1-4-17-15(14-7-8-18-11(3)19-14)12-5-6-13(16)10(2)9-12/h5-9,15,17H,4H2,1-3H3. The van der Waals surface area contributed by atoms with Crippen LogP contribution in [0.5, 0.6) is 0 Å². The van der Waals surface area contributed by atoms with E-state index in [1.54, 1.807) is 19.2 Å². The van der Waals surface area contributed by atoms with Gasteiger partial charge in [0.15, 0.2) is 0 Å². The number of hydrogen-bond donors (Lipinski definition) is 1. The van der Waals surface area contributed by atoms with Crippen molar-refractivity contribution >= 4 is 0 Å². The molecule has 0 aliphatic rings. The van der Waals surface area contributed by atoms with Crippen LogP contribution in [0.15, 0.2) is 30.5 Å². The highest BCUT2D eigenvalue weighted by Gasteiger charge is 2.15. The summed E-state index contributed by atoms with van der Waals surface area (Å²) in [5.41, 5.74) is 2.56. The highest BCUT2D eigenvalue weighted by molar-refractivity contribution is 5.31. The molecular weight excluding hydrogens is 241 g/mol. The van der Waals surface area contributed by atoms with Crippen molar-refractivity contribution in [3.63, 3.8) is 0 Å². The molecule has 1 aromatic carbocycles. The van der Waals surface area contributed by atoms with E-state index in [9.17, 15) is 4.39 Å². The predicted molar refractivity (Wildman–Crippen MR) is 73.4 cm³/mol. The van der Waals surface area contributed by atoms with Gasteiger partial charge in [-0.3, -0.25) is 0 Å². The number of halogens is 1. The van der Waals surface area contributed by atoms with Crippen LogP contribution >= 0.6 is 0 Å². The van der Waals surface area contributed by atoms with E-state index in [0.29, 0.717) is 5.56 Å². The normalized spacial score (nSPS) is 12.4. The van der Waals surface area contributed by atoms with Crippen LogP contribution in [0.1, 0.15) is 35.6 Å². The van der Waals surface area contributed by atoms with Gasteiger partial charge in [0.1, 0.15) is 11.6 Å². The molecule has 0 saturated heterocycles. The van der Waals surface area contributed by atoms with Crippen molar-refractivity contribution in [2.45, 2.75) is 26.8 Å². The number of nitrogens with one attached hydrogen (secondary N) is 1. The predicted octanol–water partition coefficient (Wildman–Crippen LogP) is 2.93. The van der Waals surface area contributed by atoms with Gasteiger partial charge < -0.3 is 5.32 Å². The average molecular weight is 259 g/mol. The number of aromatic nitrogens is 2. The lowest BCUT2D eigenvalue weighted by molar-refractivity contribution is 0.598. The van der Waals surface area contributed by atoms with Crippen LogP contribution in [0.3, 0.4) is 0 Å². The van der Waals surface area contributed by atoms with E-state index in [1.807, 2.05) is 26.0 Å². The van der Waals surface area contributed by atoms with Crippen molar-refractivity contribution in [2.24, 2.45) is 0 Å². The SMILES string of the molecule is CCNC(c1ccc(F)c(C)c1)c1ccnc(C)n1. The fraction of sp³-hybridized carbons (Fsp3) is 0.333. The van der Waals surface area contributed by atoms with E-state index >= 15 is 0 Å². The molecule has 0 fully saturated rings. The van der Waals surface area contributed by atoms with Crippen molar-refractivity contribution in [3.8, 4) is 0 Å². The molecule has 1 aromatic heterocycles. The molecule has 19 heavy (non-hydrogen) atoms. The molecule has 0 aliphatic heterocycles. The van der Waals surface area contributed by atoms with Crippen LogP contribution in [0.4, 0.5) is 4.39 Å². The van der Waals surface area contributed by atoms with Crippen LogP contribution in [0.25, 0.3) is 0 Å². The zero-order chi connectivity index (χ0) is 13.8. The molecule has 3 nitrogen and oxygen atoms in total. The van der Waals surface area contributed by atoms with Gasteiger partial charge in [-0.25, -0.2) is 14.4 Å². The Bertz CT molecular complexity index is 569. The summed E-state index contributed by atoms with van der Waals surface area (Å²) in [6, 6.07) is 7.01. The highest BCUT2D eigenvalue weighted by Crippen LogP contribution is 2.22. The van der Waals surface area contributed by atoms with Crippen LogP contribution in [0, 0.1) is 19.7 Å². The van der Waals surface area contributed by atoms with Crippen LogP contribution in [0.2, 0.25) is 0 Å². The molecule has 0 aliphatic carbocycles. The smallest absolute Gasteiger partial charge is 0.126 e. The minimum Gasteiger partial charge on any atom is -0.305 e. The maximum absolute atomic E-state index is 13.4. The average Bonchev–Trinajstić information content (AvgIpc) is 2.39. The third kappa shape index (κ3) is 3.15. The molecule has 0 saturated carbocycles. The summed E-state index contributed by atoms with van der Waals surface area (Å²) >= 11 is 0. The fourth-order valence-corrected chi connectivity index (χ4v) is 2.08. The van der Waals surface area contributed by atoms with Gasteiger partial charge in [-0.05, 0) is 43.7 Å². The lowest BCUT2D eigenvalue weighted by Crippen LogP contribution is -2.23. The van der Waals surface area contributed by atoms with E-state index in [0.717, 1.165) is 23.6 Å². The first-order valence-electron chi connectivity index (χ1n) is 6.40. The fourth-order valence-electron chi connectivity index (χ4n) is 2.08. The second-order valence-electron chi connectivity index (χ2n) is 4.53. The summed E-state index contributed by atoms with van der Waals surface area (Å²) in [6.07, 6.45) is 1.75. The maximum Gasteiger partial charge on any atom is 0.126 e. The number of aryl methyl sites for hydroxylation is 2. The number of benzene rings is 1. The molecule has 0 bridgehead atoms. The molecule has 100 valence electrons.